The number of nitrogens with zero attached hydrogens (tertiary/aromatic N) is 3. The van der Waals surface area contributed by atoms with Crippen LogP contribution in [0.4, 0.5) is 0 Å². The molecular formula is C6H4Cl6N3OP3. The summed E-state index contributed by atoms with van der Waals surface area (Å²) in [6.45, 7) is -3.19. The molecule has 0 radical (unpaired) electrons. The van der Waals surface area contributed by atoms with Crippen molar-refractivity contribution in [3.8, 4) is 5.75 Å². The Labute approximate surface area is 139 Å². The van der Waals surface area contributed by atoms with Crippen LogP contribution >= 0.6 is 86.4 Å². The van der Waals surface area contributed by atoms with E-state index >= 15 is 0 Å². The van der Waals surface area contributed by atoms with Gasteiger partial charge in [0.05, 0.1) is 0 Å². The molecule has 13 heteroatoms. The first-order valence-electron chi connectivity index (χ1n) is 4.44. The van der Waals surface area contributed by atoms with Crippen molar-refractivity contribution in [3.05, 3.63) is 29.3 Å². The van der Waals surface area contributed by atoms with Gasteiger partial charge in [-0.1, -0.05) is 11.6 Å². The van der Waals surface area contributed by atoms with Crippen molar-refractivity contribution in [1.82, 2.24) is 0 Å². The standard InChI is InChI=1S/C6H4Cl6N3OP3/c7-5-1-3-6(4-2-5)16-19(12)14-17(8,9)13-18(10,11)15-19/h1-4H. The van der Waals surface area contributed by atoms with Crippen molar-refractivity contribution in [3.63, 3.8) is 0 Å². The zero-order chi connectivity index (χ0) is 14.3. The Morgan fingerprint density at radius 3 is 1.84 bits per heavy atom. The lowest BCUT2D eigenvalue weighted by atomic mass is 10.3. The van der Waals surface area contributed by atoms with Gasteiger partial charge in [-0.05, 0) is 80.5 Å². The summed E-state index contributed by atoms with van der Waals surface area (Å²) >= 11 is 35.6. The number of halogens is 6. The molecule has 1 aliphatic heterocycles. The van der Waals surface area contributed by atoms with Crippen molar-refractivity contribution in [2.45, 2.75) is 0 Å². The van der Waals surface area contributed by atoms with E-state index in [2.05, 4.69) is 13.5 Å². The summed E-state index contributed by atoms with van der Waals surface area (Å²) in [6, 6.07) is 6.46. The molecule has 0 fully saturated rings. The number of benzene rings is 1. The van der Waals surface area contributed by atoms with Crippen molar-refractivity contribution in [2.75, 3.05) is 0 Å². The molecule has 106 valence electrons. The SMILES string of the molecule is Clc1ccc(OP2(Cl)=NP(Cl)(Cl)=NP(Cl)(Cl)=N2)cc1. The zero-order valence-corrected chi connectivity index (χ0v) is 15.9. The molecule has 1 aromatic rings. The molecule has 1 aliphatic rings. The van der Waals surface area contributed by atoms with E-state index in [1.165, 1.54) is 0 Å². The third-order valence-corrected chi connectivity index (χ3v) is 13.9. The zero-order valence-electron chi connectivity index (χ0n) is 8.67. The van der Waals surface area contributed by atoms with E-state index in [0.29, 0.717) is 10.8 Å². The van der Waals surface area contributed by atoms with Crippen LogP contribution in [-0.4, -0.2) is 0 Å². The van der Waals surface area contributed by atoms with Gasteiger partial charge in [0, 0.05) is 5.02 Å². The van der Waals surface area contributed by atoms with Gasteiger partial charge < -0.3 is 4.52 Å². The average Bonchev–Trinajstić information content (AvgIpc) is 2.15. The van der Waals surface area contributed by atoms with Crippen LogP contribution in [0.5, 0.6) is 5.75 Å². The molecule has 2 rings (SSSR count). The van der Waals surface area contributed by atoms with Crippen LogP contribution in [0.15, 0.2) is 37.8 Å². The molecule has 1 heterocycles. The first-order valence-corrected chi connectivity index (χ1v) is 14.3. The second-order valence-corrected chi connectivity index (χ2v) is 16.7. The Bertz CT molecular complexity index is 654. The van der Waals surface area contributed by atoms with Crippen LogP contribution in [0.1, 0.15) is 0 Å². The topological polar surface area (TPSA) is 46.3 Å². The summed E-state index contributed by atoms with van der Waals surface area (Å²) in [5.74, 6) is -5.74. The van der Waals surface area contributed by atoms with Gasteiger partial charge >= 0.3 is 6.78 Å². The highest BCUT2D eigenvalue weighted by atomic mass is 35.9. The van der Waals surface area contributed by atoms with Crippen LogP contribution in [0.2, 0.25) is 5.02 Å². The maximum absolute atomic E-state index is 6.20. The van der Waals surface area contributed by atoms with Gasteiger partial charge in [0.2, 0.25) is 0 Å². The molecule has 0 spiro atoms. The molecule has 1 atom stereocenters. The molecule has 0 saturated heterocycles. The first kappa shape index (κ1) is 16.8. The molecule has 0 amide bonds. The van der Waals surface area contributed by atoms with Gasteiger partial charge in [0.15, 0.2) is 0 Å². The Kier molecular flexibility index (Phi) is 5.24. The fourth-order valence-corrected chi connectivity index (χ4v) is 17.8. The molecule has 19 heavy (non-hydrogen) atoms. The number of hydrogen-bond donors (Lipinski definition) is 0. The summed E-state index contributed by atoms with van der Waals surface area (Å²) in [6.07, 6.45) is 0. The number of hydrogen-bond acceptors (Lipinski definition) is 4. The summed E-state index contributed by atoms with van der Waals surface area (Å²) in [5.41, 5.74) is 0. The molecular weight excluding hydrogens is 436 g/mol. The quantitative estimate of drug-likeness (QED) is 0.425. The molecule has 1 unspecified atom stereocenters. The smallest absolute Gasteiger partial charge is 0.350 e. The molecule has 0 saturated carbocycles. The Balaban J connectivity index is 2.44. The highest BCUT2D eigenvalue weighted by Crippen LogP contribution is 2.86. The van der Waals surface area contributed by atoms with Gasteiger partial charge in [-0.15, -0.1) is 0 Å². The van der Waals surface area contributed by atoms with Crippen LogP contribution in [0.3, 0.4) is 0 Å². The van der Waals surface area contributed by atoms with E-state index in [1.807, 2.05) is 0 Å². The lowest BCUT2D eigenvalue weighted by Crippen LogP contribution is -1.85. The summed E-state index contributed by atoms with van der Waals surface area (Å²) in [5, 5.41) is 0.551. The summed E-state index contributed by atoms with van der Waals surface area (Å²) in [4.78, 5) is 0. The van der Waals surface area contributed by atoms with Gasteiger partial charge in [0.1, 0.15) is 5.75 Å². The molecule has 0 aromatic heterocycles. The van der Waals surface area contributed by atoms with Gasteiger partial charge in [-0.3, -0.25) is 0 Å². The Morgan fingerprint density at radius 2 is 1.32 bits per heavy atom. The normalized spacial score (nSPS) is 27.7. The minimum absolute atomic E-state index is 0.406. The summed E-state index contributed by atoms with van der Waals surface area (Å²) < 4.78 is 17.2. The first-order chi connectivity index (χ1) is 8.59. The highest BCUT2D eigenvalue weighted by Gasteiger charge is 2.34. The van der Waals surface area contributed by atoms with E-state index in [0.717, 1.165) is 0 Å². The third-order valence-electron chi connectivity index (χ3n) is 1.69. The second kappa shape index (κ2) is 5.92. The van der Waals surface area contributed by atoms with E-state index in [-0.39, 0.29) is 0 Å². The van der Waals surface area contributed by atoms with Crippen LogP contribution in [0.25, 0.3) is 0 Å². The van der Waals surface area contributed by atoms with Gasteiger partial charge in [-0.25, -0.2) is 0 Å². The van der Waals surface area contributed by atoms with E-state index < -0.39 is 18.6 Å². The van der Waals surface area contributed by atoms with Crippen molar-refractivity contribution in [1.29, 1.82) is 0 Å². The lowest BCUT2D eigenvalue weighted by molar-refractivity contribution is 0.619. The fourth-order valence-electron chi connectivity index (χ4n) is 1.11. The van der Waals surface area contributed by atoms with Crippen molar-refractivity contribution >= 4 is 86.4 Å². The van der Waals surface area contributed by atoms with Crippen molar-refractivity contribution in [2.24, 2.45) is 13.5 Å². The van der Waals surface area contributed by atoms with Crippen LogP contribution < -0.4 is 4.52 Å². The van der Waals surface area contributed by atoms with Gasteiger partial charge in [0.25, 0.3) is 11.8 Å². The largest absolute Gasteiger partial charge is 0.431 e. The minimum Gasteiger partial charge on any atom is -0.431 e. The lowest BCUT2D eigenvalue weighted by Gasteiger charge is -2.21. The molecule has 0 bridgehead atoms. The second-order valence-electron chi connectivity index (χ2n) is 3.20. The van der Waals surface area contributed by atoms with Crippen LogP contribution in [-0.2, 0) is 0 Å². The van der Waals surface area contributed by atoms with Gasteiger partial charge in [-0.2, -0.15) is 13.5 Å². The number of rotatable bonds is 2. The molecule has 1 aromatic carbocycles. The predicted octanol–water partition coefficient (Wildman–Crippen LogP) is 8.76. The molecule has 0 N–H and O–H groups in total. The highest BCUT2D eigenvalue weighted by molar-refractivity contribution is 8.22. The average molecular weight is 440 g/mol. The molecule has 4 nitrogen and oxygen atoms in total. The summed E-state index contributed by atoms with van der Waals surface area (Å²) in [7, 11) is 0. The minimum atomic E-state index is -3.19. The third kappa shape index (κ3) is 4.99. The van der Waals surface area contributed by atoms with Crippen LogP contribution in [0, 0.1) is 0 Å². The predicted molar refractivity (Wildman–Crippen MR) is 89.4 cm³/mol. The maximum Gasteiger partial charge on any atom is 0.350 e. The Hall–Kier alpha value is 1.45. The molecule has 0 aliphatic carbocycles. The Morgan fingerprint density at radius 1 is 0.789 bits per heavy atom. The van der Waals surface area contributed by atoms with E-state index in [9.17, 15) is 0 Å². The maximum atomic E-state index is 6.20. The van der Waals surface area contributed by atoms with Crippen molar-refractivity contribution < 1.29 is 4.52 Å². The fraction of sp³-hybridized carbons (Fsp3) is 0. The van der Waals surface area contributed by atoms with E-state index in [4.69, 9.17) is 72.3 Å². The monoisotopic (exact) mass is 437 g/mol. The van der Waals surface area contributed by atoms with E-state index in [1.54, 1.807) is 24.3 Å².